The minimum Gasteiger partial charge on any atom is -0.352 e. The molecule has 1 saturated carbocycles. The van der Waals surface area contributed by atoms with E-state index in [0.29, 0.717) is 5.82 Å². The van der Waals surface area contributed by atoms with E-state index in [1.165, 1.54) is 0 Å². The molecule has 0 saturated heterocycles. The lowest BCUT2D eigenvalue weighted by Gasteiger charge is -2.23. The Hall–Kier alpha value is -3.84. The fourth-order valence-corrected chi connectivity index (χ4v) is 6.20. The van der Waals surface area contributed by atoms with Gasteiger partial charge in [0.15, 0.2) is 0 Å². The molecule has 7 heteroatoms. The number of rotatable bonds is 6. The first-order valence-electron chi connectivity index (χ1n) is 13.0. The molecule has 0 bridgehead atoms. The van der Waals surface area contributed by atoms with Crippen LogP contribution in [0.4, 0.5) is 5.82 Å². The van der Waals surface area contributed by atoms with Gasteiger partial charge >= 0.3 is 0 Å². The summed E-state index contributed by atoms with van der Waals surface area (Å²) in [5.74, 6) is 0.711. The topological polar surface area (TPSA) is 67.2 Å². The Morgan fingerprint density at radius 3 is 2.42 bits per heavy atom. The molecule has 1 unspecified atom stereocenters. The summed E-state index contributed by atoms with van der Waals surface area (Å²) in [5.41, 5.74) is 6.99. The fourth-order valence-electron chi connectivity index (χ4n) is 5.01. The molecule has 1 N–H and O–H groups in total. The van der Waals surface area contributed by atoms with Gasteiger partial charge in [-0.25, -0.2) is 4.68 Å². The number of hydrogen-bond acceptors (Lipinski definition) is 4. The molecule has 2 aliphatic rings. The summed E-state index contributed by atoms with van der Waals surface area (Å²) in [4.78, 5) is 28.5. The average Bonchev–Trinajstić information content (AvgIpc) is 3.66. The SMILES string of the molecule is Cc1cccc(C2SCC(=O)N(CC(=O)NC3CC3)c3c2c(-c2ccccc2)nn3-c2cccc(C)c2)c1. The lowest BCUT2D eigenvalue weighted by atomic mass is 9.98. The Morgan fingerprint density at radius 2 is 1.71 bits per heavy atom. The number of nitrogens with zero attached hydrogens (tertiary/aromatic N) is 3. The maximum Gasteiger partial charge on any atom is 0.240 e. The monoisotopic (exact) mass is 522 g/mol. The van der Waals surface area contributed by atoms with Crippen molar-refractivity contribution in [3.05, 3.63) is 101 Å². The van der Waals surface area contributed by atoms with Gasteiger partial charge in [0.1, 0.15) is 12.4 Å². The van der Waals surface area contributed by atoms with Crippen LogP contribution in [-0.4, -0.2) is 39.9 Å². The van der Waals surface area contributed by atoms with Crippen molar-refractivity contribution in [3.8, 4) is 16.9 Å². The van der Waals surface area contributed by atoms with Crippen LogP contribution in [0.1, 0.15) is 40.3 Å². The first-order valence-corrected chi connectivity index (χ1v) is 14.1. The summed E-state index contributed by atoms with van der Waals surface area (Å²) in [7, 11) is 0. The molecular formula is C31H30N4O2S. The van der Waals surface area contributed by atoms with Crippen LogP contribution in [0.5, 0.6) is 0 Å². The largest absolute Gasteiger partial charge is 0.352 e. The van der Waals surface area contributed by atoms with Crippen LogP contribution in [0.3, 0.4) is 0 Å². The van der Waals surface area contributed by atoms with Crippen LogP contribution >= 0.6 is 11.8 Å². The number of nitrogens with one attached hydrogen (secondary N) is 1. The van der Waals surface area contributed by atoms with Crippen molar-refractivity contribution >= 4 is 29.4 Å². The van der Waals surface area contributed by atoms with Gasteiger partial charge in [0.25, 0.3) is 0 Å². The predicted molar refractivity (Wildman–Crippen MR) is 153 cm³/mol. The number of hydrogen-bond donors (Lipinski definition) is 1. The van der Waals surface area contributed by atoms with Gasteiger partial charge in [-0.2, -0.15) is 5.10 Å². The third-order valence-corrected chi connectivity index (χ3v) is 8.23. The highest BCUT2D eigenvalue weighted by Gasteiger charge is 2.38. The Bertz CT molecular complexity index is 1510. The van der Waals surface area contributed by atoms with E-state index in [2.05, 4.69) is 54.7 Å². The van der Waals surface area contributed by atoms with E-state index in [0.717, 1.165) is 52.0 Å². The zero-order valence-corrected chi connectivity index (χ0v) is 22.4. The van der Waals surface area contributed by atoms with Crippen LogP contribution in [0.15, 0.2) is 78.9 Å². The van der Waals surface area contributed by atoms with Gasteiger partial charge in [-0.15, -0.1) is 11.8 Å². The molecule has 3 aromatic carbocycles. The summed E-state index contributed by atoms with van der Waals surface area (Å²) >= 11 is 1.60. The highest BCUT2D eigenvalue weighted by atomic mass is 32.2. The Kier molecular flexibility index (Phi) is 6.54. The third kappa shape index (κ3) is 4.86. The number of thioether (sulfide) groups is 1. The minimum atomic E-state index is -0.135. The van der Waals surface area contributed by atoms with E-state index in [4.69, 9.17) is 5.10 Å². The molecule has 0 radical (unpaired) electrons. The Balaban J connectivity index is 1.61. The lowest BCUT2D eigenvalue weighted by Crippen LogP contribution is -2.43. The number of benzene rings is 3. The van der Waals surface area contributed by atoms with Crippen molar-refractivity contribution in [2.45, 2.75) is 38.0 Å². The number of carbonyl (C=O) groups excluding carboxylic acids is 2. The number of aryl methyl sites for hydroxylation is 2. The molecule has 0 spiro atoms. The molecule has 1 aliphatic heterocycles. The van der Waals surface area contributed by atoms with Crippen molar-refractivity contribution in [1.82, 2.24) is 15.1 Å². The first kappa shape index (κ1) is 24.5. The molecule has 2 amide bonds. The van der Waals surface area contributed by atoms with Gasteiger partial charge in [0.05, 0.1) is 22.4 Å². The zero-order valence-electron chi connectivity index (χ0n) is 21.6. The summed E-state index contributed by atoms with van der Waals surface area (Å²) in [5, 5.41) is 8.09. The van der Waals surface area contributed by atoms with Crippen molar-refractivity contribution in [2.75, 3.05) is 17.2 Å². The molecular weight excluding hydrogens is 492 g/mol. The molecule has 192 valence electrons. The fraction of sp³-hybridized carbons (Fsp3) is 0.258. The number of carbonyl (C=O) groups is 2. The second-order valence-electron chi connectivity index (χ2n) is 10.1. The van der Waals surface area contributed by atoms with Gasteiger partial charge in [0.2, 0.25) is 11.8 Å². The van der Waals surface area contributed by atoms with Crippen molar-refractivity contribution in [1.29, 1.82) is 0 Å². The molecule has 1 atom stereocenters. The predicted octanol–water partition coefficient (Wildman–Crippen LogP) is 5.60. The van der Waals surface area contributed by atoms with E-state index in [-0.39, 0.29) is 35.4 Å². The molecule has 6 nitrogen and oxygen atoms in total. The van der Waals surface area contributed by atoms with Crippen LogP contribution in [0.2, 0.25) is 0 Å². The number of aromatic nitrogens is 2. The number of anilines is 1. The highest BCUT2D eigenvalue weighted by molar-refractivity contribution is 8.00. The van der Waals surface area contributed by atoms with Crippen LogP contribution < -0.4 is 10.2 Å². The summed E-state index contributed by atoms with van der Waals surface area (Å²) < 4.78 is 1.86. The normalized spacial score (nSPS) is 17.2. The standard InChI is InChI=1S/C31H30N4O2S/c1-20-8-6-12-23(16-20)30-28-29(22-10-4-3-5-11-22)33-35(25-13-7-9-21(2)17-25)31(28)34(27(37)19-38-30)18-26(36)32-24-14-15-24/h3-13,16-17,24,30H,14-15,18-19H2,1-2H3,(H,32,36). The van der Waals surface area contributed by atoms with Gasteiger partial charge in [-0.1, -0.05) is 72.3 Å². The van der Waals surface area contributed by atoms with E-state index in [9.17, 15) is 9.59 Å². The highest BCUT2D eigenvalue weighted by Crippen LogP contribution is 2.48. The van der Waals surface area contributed by atoms with E-state index in [1.807, 2.05) is 48.0 Å². The van der Waals surface area contributed by atoms with Crippen molar-refractivity contribution in [2.24, 2.45) is 0 Å². The maximum absolute atomic E-state index is 13.7. The molecule has 1 aromatic heterocycles. The van der Waals surface area contributed by atoms with Gasteiger partial charge in [-0.3, -0.25) is 14.5 Å². The van der Waals surface area contributed by atoms with E-state index in [1.54, 1.807) is 16.7 Å². The first-order chi connectivity index (χ1) is 18.5. The Labute approximate surface area is 227 Å². The molecule has 38 heavy (non-hydrogen) atoms. The van der Waals surface area contributed by atoms with E-state index >= 15 is 0 Å². The second-order valence-corrected chi connectivity index (χ2v) is 11.2. The molecule has 1 aliphatic carbocycles. The second kappa shape index (κ2) is 10.1. The minimum absolute atomic E-state index is 0.0326. The quantitative estimate of drug-likeness (QED) is 0.358. The molecule has 1 fully saturated rings. The average molecular weight is 523 g/mol. The summed E-state index contributed by atoms with van der Waals surface area (Å²) in [6, 6.07) is 26.9. The van der Waals surface area contributed by atoms with Crippen LogP contribution in [0.25, 0.3) is 16.9 Å². The van der Waals surface area contributed by atoms with E-state index < -0.39 is 0 Å². The number of amides is 2. The molecule has 4 aromatic rings. The smallest absolute Gasteiger partial charge is 0.240 e. The Morgan fingerprint density at radius 1 is 0.974 bits per heavy atom. The third-order valence-electron chi connectivity index (χ3n) is 6.97. The maximum atomic E-state index is 13.7. The zero-order chi connectivity index (χ0) is 26.2. The van der Waals surface area contributed by atoms with Crippen LogP contribution in [0, 0.1) is 13.8 Å². The van der Waals surface area contributed by atoms with Gasteiger partial charge in [-0.05, 0) is 49.9 Å². The summed E-state index contributed by atoms with van der Waals surface area (Å²) in [6.45, 7) is 4.09. The van der Waals surface area contributed by atoms with Gasteiger partial charge < -0.3 is 5.32 Å². The lowest BCUT2D eigenvalue weighted by molar-refractivity contribution is -0.123. The van der Waals surface area contributed by atoms with Crippen molar-refractivity contribution < 1.29 is 9.59 Å². The van der Waals surface area contributed by atoms with Crippen molar-refractivity contribution in [3.63, 3.8) is 0 Å². The molecule has 2 heterocycles. The summed E-state index contributed by atoms with van der Waals surface area (Å²) in [6.07, 6.45) is 1.99. The van der Waals surface area contributed by atoms with Crippen LogP contribution in [-0.2, 0) is 9.59 Å². The van der Waals surface area contributed by atoms with Gasteiger partial charge in [0, 0.05) is 17.2 Å². The number of fused-ring (bicyclic) bond motifs is 1. The molecule has 6 rings (SSSR count).